The molecule has 0 radical (unpaired) electrons. The standard InChI is InChI=1S/C13H17NO/c1-14-8-11(9-14)10-3-2-4-12(7-10)13(15)5-6-13/h2-4,7,11,15H,5-6,8-9H2,1H3. The van der Waals surface area contributed by atoms with Gasteiger partial charge >= 0.3 is 0 Å². The average molecular weight is 203 g/mol. The summed E-state index contributed by atoms with van der Waals surface area (Å²) in [4.78, 5) is 2.32. The van der Waals surface area contributed by atoms with Gasteiger partial charge in [-0.2, -0.15) is 0 Å². The third-order valence-corrected chi connectivity index (χ3v) is 3.68. The Labute approximate surface area is 90.5 Å². The van der Waals surface area contributed by atoms with Crippen molar-refractivity contribution in [3.8, 4) is 0 Å². The molecule has 0 spiro atoms. The van der Waals surface area contributed by atoms with Crippen molar-refractivity contribution in [2.45, 2.75) is 24.4 Å². The largest absolute Gasteiger partial charge is 0.385 e. The lowest BCUT2D eigenvalue weighted by molar-refractivity contribution is 0.150. The zero-order valence-corrected chi connectivity index (χ0v) is 9.11. The second kappa shape index (κ2) is 3.06. The smallest absolute Gasteiger partial charge is 0.0899 e. The van der Waals surface area contributed by atoms with E-state index in [4.69, 9.17) is 0 Å². The minimum Gasteiger partial charge on any atom is -0.385 e. The quantitative estimate of drug-likeness (QED) is 0.790. The van der Waals surface area contributed by atoms with Gasteiger partial charge in [-0.3, -0.25) is 0 Å². The van der Waals surface area contributed by atoms with Gasteiger partial charge in [-0.15, -0.1) is 0 Å². The van der Waals surface area contributed by atoms with Crippen LogP contribution >= 0.6 is 0 Å². The molecule has 2 nitrogen and oxygen atoms in total. The van der Waals surface area contributed by atoms with Gasteiger partial charge in [0.25, 0.3) is 0 Å². The fourth-order valence-electron chi connectivity index (χ4n) is 2.40. The summed E-state index contributed by atoms with van der Waals surface area (Å²) < 4.78 is 0. The predicted molar refractivity (Wildman–Crippen MR) is 59.8 cm³/mol. The summed E-state index contributed by atoms with van der Waals surface area (Å²) >= 11 is 0. The van der Waals surface area contributed by atoms with Crippen LogP contribution in [0.15, 0.2) is 24.3 Å². The Morgan fingerprint density at radius 3 is 2.67 bits per heavy atom. The number of aliphatic hydroxyl groups is 1. The molecule has 2 fully saturated rings. The third-order valence-electron chi connectivity index (χ3n) is 3.68. The van der Waals surface area contributed by atoms with Gasteiger partial charge < -0.3 is 10.0 Å². The lowest BCUT2D eigenvalue weighted by Gasteiger charge is -2.36. The number of nitrogens with zero attached hydrogens (tertiary/aromatic N) is 1. The maximum Gasteiger partial charge on any atom is 0.0899 e. The molecule has 1 heterocycles. The van der Waals surface area contributed by atoms with Gasteiger partial charge in [0, 0.05) is 19.0 Å². The summed E-state index contributed by atoms with van der Waals surface area (Å²) in [5.41, 5.74) is 2.03. The monoisotopic (exact) mass is 203 g/mol. The van der Waals surface area contributed by atoms with Crippen LogP contribution in [0, 0.1) is 0 Å². The number of hydrogen-bond donors (Lipinski definition) is 1. The summed E-state index contributed by atoms with van der Waals surface area (Å²) in [5, 5.41) is 10.0. The van der Waals surface area contributed by atoms with Crippen molar-refractivity contribution < 1.29 is 5.11 Å². The molecule has 15 heavy (non-hydrogen) atoms. The van der Waals surface area contributed by atoms with E-state index in [0.717, 1.165) is 31.5 Å². The van der Waals surface area contributed by atoms with Crippen molar-refractivity contribution in [1.82, 2.24) is 4.90 Å². The van der Waals surface area contributed by atoms with Gasteiger partial charge in [0.2, 0.25) is 0 Å². The van der Waals surface area contributed by atoms with E-state index < -0.39 is 5.60 Å². The lowest BCUT2D eigenvalue weighted by atomic mass is 9.90. The van der Waals surface area contributed by atoms with Gasteiger partial charge in [0.05, 0.1) is 5.60 Å². The zero-order valence-electron chi connectivity index (χ0n) is 9.11. The van der Waals surface area contributed by atoms with E-state index in [1.54, 1.807) is 0 Å². The van der Waals surface area contributed by atoms with Crippen LogP contribution in [0.2, 0.25) is 0 Å². The molecule has 1 aromatic carbocycles. The second-order valence-corrected chi connectivity index (χ2v) is 5.08. The van der Waals surface area contributed by atoms with Crippen molar-refractivity contribution in [2.75, 3.05) is 20.1 Å². The molecule has 0 unspecified atom stereocenters. The van der Waals surface area contributed by atoms with E-state index in [1.165, 1.54) is 5.56 Å². The normalized spacial score (nSPS) is 24.9. The van der Waals surface area contributed by atoms with Gasteiger partial charge in [-0.1, -0.05) is 24.3 Å². The number of benzene rings is 1. The molecule has 2 aliphatic rings. The molecule has 2 heteroatoms. The summed E-state index contributed by atoms with van der Waals surface area (Å²) in [7, 11) is 2.15. The first-order valence-corrected chi connectivity index (χ1v) is 5.69. The van der Waals surface area contributed by atoms with Crippen LogP contribution in [0.1, 0.15) is 29.9 Å². The molecule has 1 aromatic rings. The van der Waals surface area contributed by atoms with Crippen molar-refractivity contribution in [1.29, 1.82) is 0 Å². The van der Waals surface area contributed by atoms with E-state index in [2.05, 4.69) is 36.2 Å². The summed E-state index contributed by atoms with van der Waals surface area (Å²) in [5.74, 6) is 0.678. The molecule has 1 N–H and O–H groups in total. The molecule has 0 amide bonds. The van der Waals surface area contributed by atoms with Gasteiger partial charge in [-0.25, -0.2) is 0 Å². The minimum atomic E-state index is -0.480. The van der Waals surface area contributed by atoms with Crippen molar-refractivity contribution >= 4 is 0 Å². The molecule has 0 bridgehead atoms. The van der Waals surface area contributed by atoms with Gasteiger partial charge in [-0.05, 0) is 31.0 Å². The fraction of sp³-hybridized carbons (Fsp3) is 0.538. The van der Waals surface area contributed by atoms with Crippen LogP contribution in [0.5, 0.6) is 0 Å². The van der Waals surface area contributed by atoms with Crippen LogP contribution in [0.4, 0.5) is 0 Å². The molecule has 1 saturated heterocycles. The maximum absolute atomic E-state index is 10.0. The topological polar surface area (TPSA) is 23.5 Å². The summed E-state index contributed by atoms with van der Waals surface area (Å²) in [6.45, 7) is 2.31. The number of hydrogen-bond acceptors (Lipinski definition) is 2. The number of likely N-dealkylation sites (N-methyl/N-ethyl adjacent to an activating group) is 1. The summed E-state index contributed by atoms with van der Waals surface area (Å²) in [6, 6.07) is 8.52. The summed E-state index contributed by atoms with van der Waals surface area (Å²) in [6.07, 6.45) is 1.86. The first kappa shape index (κ1) is 9.37. The van der Waals surface area contributed by atoms with E-state index in [9.17, 15) is 5.11 Å². The molecular weight excluding hydrogens is 186 g/mol. The highest BCUT2D eigenvalue weighted by Crippen LogP contribution is 2.45. The van der Waals surface area contributed by atoms with Crippen LogP contribution in [-0.4, -0.2) is 30.1 Å². The lowest BCUT2D eigenvalue weighted by Crippen LogP contribution is -2.41. The highest BCUT2D eigenvalue weighted by atomic mass is 16.3. The van der Waals surface area contributed by atoms with Crippen molar-refractivity contribution in [2.24, 2.45) is 0 Å². The van der Waals surface area contributed by atoms with Crippen LogP contribution < -0.4 is 0 Å². The molecule has 80 valence electrons. The molecule has 1 saturated carbocycles. The number of rotatable bonds is 2. The Hall–Kier alpha value is -0.860. The predicted octanol–water partition coefficient (Wildman–Crippen LogP) is 1.70. The molecular formula is C13H17NO. The van der Waals surface area contributed by atoms with E-state index in [0.29, 0.717) is 5.92 Å². The van der Waals surface area contributed by atoms with E-state index in [1.807, 2.05) is 0 Å². The number of likely N-dealkylation sites (tertiary alicyclic amines) is 1. The van der Waals surface area contributed by atoms with Crippen LogP contribution in [0.25, 0.3) is 0 Å². The molecule has 3 rings (SSSR count). The second-order valence-electron chi connectivity index (χ2n) is 5.08. The molecule has 0 aromatic heterocycles. The third kappa shape index (κ3) is 1.58. The molecule has 1 aliphatic carbocycles. The Kier molecular flexibility index (Phi) is 1.91. The van der Waals surface area contributed by atoms with Crippen molar-refractivity contribution in [3.63, 3.8) is 0 Å². The Bertz CT molecular complexity index is 378. The average Bonchev–Trinajstić information content (AvgIpc) is 2.94. The van der Waals surface area contributed by atoms with Crippen molar-refractivity contribution in [3.05, 3.63) is 35.4 Å². The molecule has 1 aliphatic heterocycles. The first-order chi connectivity index (χ1) is 7.17. The zero-order chi connectivity index (χ0) is 10.5. The molecule has 0 atom stereocenters. The minimum absolute atomic E-state index is 0.480. The van der Waals surface area contributed by atoms with Crippen LogP contribution in [0.3, 0.4) is 0 Å². The highest BCUT2D eigenvalue weighted by Gasteiger charge is 2.42. The first-order valence-electron chi connectivity index (χ1n) is 5.69. The highest BCUT2D eigenvalue weighted by molar-refractivity contribution is 5.34. The Morgan fingerprint density at radius 1 is 1.33 bits per heavy atom. The van der Waals surface area contributed by atoms with Crippen LogP contribution in [-0.2, 0) is 5.60 Å². The van der Waals surface area contributed by atoms with E-state index in [-0.39, 0.29) is 0 Å². The van der Waals surface area contributed by atoms with Gasteiger partial charge in [0.15, 0.2) is 0 Å². The van der Waals surface area contributed by atoms with E-state index >= 15 is 0 Å². The Balaban J connectivity index is 1.84. The maximum atomic E-state index is 10.0. The SMILES string of the molecule is CN1CC(c2cccc(C3(O)CC3)c2)C1. The van der Waals surface area contributed by atoms with Gasteiger partial charge in [0.1, 0.15) is 0 Å². The Morgan fingerprint density at radius 2 is 2.07 bits per heavy atom. The fourth-order valence-corrected chi connectivity index (χ4v) is 2.40.